The number of methoxy groups -OCH3 is 1. The molecule has 1 unspecified atom stereocenters. The molecule has 8 heteroatoms. The number of fused-ring (bicyclic) bond motifs is 3. The topological polar surface area (TPSA) is 94.1 Å². The van der Waals surface area contributed by atoms with E-state index in [1.165, 1.54) is 7.11 Å². The lowest BCUT2D eigenvalue weighted by molar-refractivity contribution is -0.156. The molecule has 2 saturated heterocycles. The number of benzene rings is 1. The summed E-state index contributed by atoms with van der Waals surface area (Å²) in [6.45, 7) is 1.35. The van der Waals surface area contributed by atoms with Crippen molar-refractivity contribution in [3.8, 4) is 5.75 Å². The van der Waals surface area contributed by atoms with E-state index >= 15 is 0 Å². The van der Waals surface area contributed by atoms with Gasteiger partial charge in [0.25, 0.3) is 5.91 Å². The zero-order valence-electron chi connectivity index (χ0n) is 13.6. The molecule has 2 fully saturated rings. The SMILES string of the molecule is COc1ccc2c(c1)C(C(=O)O)(C(=O)N1C[C@@H]3C[C@H]1CN3C)NN2. The molecule has 128 valence electrons. The first-order valence-electron chi connectivity index (χ1n) is 7.93. The number of carbonyl (C=O) groups excluding carboxylic acids is 1. The molecule has 3 atom stereocenters. The second kappa shape index (κ2) is 5.09. The van der Waals surface area contributed by atoms with Crippen molar-refractivity contribution in [3.05, 3.63) is 23.8 Å². The van der Waals surface area contributed by atoms with Gasteiger partial charge in [-0.3, -0.25) is 9.69 Å². The van der Waals surface area contributed by atoms with E-state index in [1.54, 1.807) is 23.1 Å². The minimum atomic E-state index is -1.83. The Hall–Kier alpha value is -2.32. The Morgan fingerprint density at radius 3 is 2.71 bits per heavy atom. The lowest BCUT2D eigenvalue weighted by atomic mass is 9.88. The van der Waals surface area contributed by atoms with E-state index in [4.69, 9.17) is 4.74 Å². The van der Waals surface area contributed by atoms with E-state index in [9.17, 15) is 14.7 Å². The van der Waals surface area contributed by atoms with Gasteiger partial charge in [0, 0.05) is 30.7 Å². The summed E-state index contributed by atoms with van der Waals surface area (Å²) in [5, 5.41) is 9.93. The van der Waals surface area contributed by atoms with Crippen LogP contribution in [0.3, 0.4) is 0 Å². The fourth-order valence-corrected chi connectivity index (χ4v) is 4.06. The number of carboxylic acids is 1. The zero-order chi connectivity index (χ0) is 17.1. The van der Waals surface area contributed by atoms with Crippen molar-refractivity contribution in [2.45, 2.75) is 24.0 Å². The van der Waals surface area contributed by atoms with Gasteiger partial charge < -0.3 is 20.2 Å². The Morgan fingerprint density at radius 2 is 2.12 bits per heavy atom. The molecule has 3 aliphatic rings. The summed E-state index contributed by atoms with van der Waals surface area (Å²) < 4.78 is 5.20. The van der Waals surface area contributed by atoms with Crippen molar-refractivity contribution in [2.24, 2.45) is 0 Å². The first-order valence-corrected chi connectivity index (χ1v) is 7.93. The molecule has 8 nitrogen and oxygen atoms in total. The zero-order valence-corrected chi connectivity index (χ0v) is 13.6. The van der Waals surface area contributed by atoms with Gasteiger partial charge >= 0.3 is 5.97 Å². The third kappa shape index (κ3) is 1.87. The van der Waals surface area contributed by atoms with Crippen LogP contribution in [0.25, 0.3) is 0 Å². The van der Waals surface area contributed by atoms with E-state index in [0.29, 0.717) is 29.6 Å². The molecule has 0 radical (unpaired) electrons. The molecule has 0 spiro atoms. The van der Waals surface area contributed by atoms with Gasteiger partial charge in [0.1, 0.15) is 5.75 Å². The number of likely N-dealkylation sites (N-methyl/N-ethyl adjacent to an activating group) is 1. The second-order valence-electron chi connectivity index (χ2n) is 6.66. The van der Waals surface area contributed by atoms with E-state index in [2.05, 4.69) is 15.8 Å². The Morgan fingerprint density at radius 1 is 1.33 bits per heavy atom. The van der Waals surface area contributed by atoms with Crippen LogP contribution in [-0.2, 0) is 15.1 Å². The van der Waals surface area contributed by atoms with Crippen LogP contribution < -0.4 is 15.6 Å². The fraction of sp³-hybridized carbons (Fsp3) is 0.500. The number of carbonyl (C=O) groups is 2. The van der Waals surface area contributed by atoms with Gasteiger partial charge in [0.2, 0.25) is 5.54 Å². The maximum absolute atomic E-state index is 13.3. The molecule has 3 aliphatic heterocycles. The standard InChI is InChI=1S/C16H20N4O4/c1-19-7-10-5-9(19)8-20(10)14(21)16(15(22)23)12-6-11(24-2)3-4-13(12)17-18-16/h3-4,6,9-10,17-18H,5,7-8H2,1-2H3,(H,22,23)/t9-,10-,16?/m0/s1. The molecule has 0 saturated carbocycles. The third-order valence-corrected chi connectivity index (χ3v) is 5.43. The van der Waals surface area contributed by atoms with Crippen molar-refractivity contribution >= 4 is 17.6 Å². The lowest BCUT2D eigenvalue weighted by Gasteiger charge is -2.36. The number of anilines is 1. The number of hydrogen-bond acceptors (Lipinski definition) is 6. The molecule has 0 aromatic heterocycles. The normalized spacial score (nSPS) is 31.0. The predicted molar refractivity (Wildman–Crippen MR) is 85.6 cm³/mol. The van der Waals surface area contributed by atoms with Crippen LogP contribution in [0.1, 0.15) is 12.0 Å². The number of amides is 1. The number of ether oxygens (including phenoxy) is 1. The fourth-order valence-electron chi connectivity index (χ4n) is 4.06. The summed E-state index contributed by atoms with van der Waals surface area (Å²) >= 11 is 0. The van der Waals surface area contributed by atoms with Crippen LogP contribution in [0.5, 0.6) is 5.75 Å². The average Bonchev–Trinajstić information content (AvgIpc) is 3.25. The van der Waals surface area contributed by atoms with E-state index in [-0.39, 0.29) is 6.04 Å². The Bertz CT molecular complexity index is 722. The molecule has 1 amide bonds. The minimum absolute atomic E-state index is 0.0696. The number of likely N-dealkylation sites (tertiary alicyclic amines) is 2. The number of carboxylic acid groups (broad SMARTS) is 1. The van der Waals surface area contributed by atoms with Gasteiger partial charge in [-0.25, -0.2) is 10.2 Å². The monoisotopic (exact) mass is 332 g/mol. The van der Waals surface area contributed by atoms with Crippen molar-refractivity contribution in [1.29, 1.82) is 0 Å². The van der Waals surface area contributed by atoms with Crippen molar-refractivity contribution in [3.63, 3.8) is 0 Å². The maximum Gasteiger partial charge on any atom is 0.340 e. The minimum Gasteiger partial charge on any atom is -0.497 e. The molecule has 3 heterocycles. The molecule has 24 heavy (non-hydrogen) atoms. The number of hydrazine groups is 1. The van der Waals surface area contributed by atoms with Gasteiger partial charge in [-0.1, -0.05) is 0 Å². The number of nitrogens with one attached hydrogen (secondary N) is 2. The molecule has 3 N–H and O–H groups in total. The third-order valence-electron chi connectivity index (χ3n) is 5.43. The molecule has 1 aromatic carbocycles. The Balaban J connectivity index is 1.75. The van der Waals surface area contributed by atoms with Gasteiger partial charge in [0.05, 0.1) is 12.8 Å². The summed E-state index contributed by atoms with van der Waals surface area (Å²) in [5.41, 5.74) is 4.70. The first-order chi connectivity index (χ1) is 11.5. The van der Waals surface area contributed by atoms with Gasteiger partial charge in [-0.15, -0.1) is 0 Å². The molecule has 2 bridgehead atoms. The van der Waals surface area contributed by atoms with Crippen molar-refractivity contribution in [1.82, 2.24) is 15.2 Å². The molecule has 0 aliphatic carbocycles. The molecular formula is C16H20N4O4. The highest BCUT2D eigenvalue weighted by molar-refractivity contribution is 6.10. The number of aliphatic carboxylic acids is 1. The van der Waals surface area contributed by atoms with Crippen LogP contribution in [0.4, 0.5) is 5.69 Å². The smallest absolute Gasteiger partial charge is 0.340 e. The van der Waals surface area contributed by atoms with Gasteiger partial charge in [-0.2, -0.15) is 0 Å². The summed E-state index contributed by atoms with van der Waals surface area (Å²) in [6, 6.07) is 5.42. The highest BCUT2D eigenvalue weighted by atomic mass is 16.5. The predicted octanol–water partition coefficient (Wildman–Crippen LogP) is -0.180. The quantitative estimate of drug-likeness (QED) is 0.661. The molecular weight excluding hydrogens is 312 g/mol. The van der Waals surface area contributed by atoms with Gasteiger partial charge in [-0.05, 0) is 31.7 Å². The largest absolute Gasteiger partial charge is 0.497 e. The van der Waals surface area contributed by atoms with E-state index in [1.807, 2.05) is 7.05 Å². The summed E-state index contributed by atoms with van der Waals surface area (Å²) in [6.07, 6.45) is 0.899. The average molecular weight is 332 g/mol. The van der Waals surface area contributed by atoms with Crippen LogP contribution >= 0.6 is 0 Å². The summed E-state index contributed by atoms with van der Waals surface area (Å²) in [7, 11) is 3.55. The van der Waals surface area contributed by atoms with Crippen LogP contribution in [-0.4, -0.2) is 66.1 Å². The Labute approximate surface area is 139 Å². The van der Waals surface area contributed by atoms with Gasteiger partial charge in [0.15, 0.2) is 0 Å². The Kier molecular flexibility index (Phi) is 3.23. The maximum atomic E-state index is 13.3. The highest BCUT2D eigenvalue weighted by Crippen LogP contribution is 2.40. The molecule has 4 rings (SSSR count). The van der Waals surface area contributed by atoms with Crippen LogP contribution in [0, 0.1) is 0 Å². The van der Waals surface area contributed by atoms with Crippen molar-refractivity contribution < 1.29 is 19.4 Å². The second-order valence-corrected chi connectivity index (χ2v) is 6.66. The number of nitrogens with zero attached hydrogens (tertiary/aromatic N) is 2. The lowest BCUT2D eigenvalue weighted by Crippen LogP contribution is -2.61. The number of rotatable bonds is 3. The van der Waals surface area contributed by atoms with Crippen molar-refractivity contribution in [2.75, 3.05) is 32.7 Å². The highest BCUT2D eigenvalue weighted by Gasteiger charge is 2.58. The number of hydrogen-bond donors (Lipinski definition) is 3. The van der Waals surface area contributed by atoms with E-state index < -0.39 is 17.4 Å². The number of piperazine rings is 1. The summed E-state index contributed by atoms with van der Waals surface area (Å²) in [5.74, 6) is -1.13. The summed E-state index contributed by atoms with van der Waals surface area (Å²) in [4.78, 5) is 29.3. The van der Waals surface area contributed by atoms with E-state index in [0.717, 1.165) is 13.0 Å². The first kappa shape index (κ1) is 15.2. The molecule has 1 aromatic rings. The van der Waals surface area contributed by atoms with Crippen LogP contribution in [0.2, 0.25) is 0 Å². The van der Waals surface area contributed by atoms with Crippen LogP contribution in [0.15, 0.2) is 18.2 Å².